The Morgan fingerprint density at radius 1 is 0.810 bits per heavy atom. The largest absolute Gasteiger partial charge is 0.481 e. The predicted molar refractivity (Wildman–Crippen MR) is 81.5 cm³/mol. The fourth-order valence-electron chi connectivity index (χ4n) is 2.02. The summed E-state index contributed by atoms with van der Waals surface area (Å²) in [5.41, 5.74) is 0. The van der Waals surface area contributed by atoms with Gasteiger partial charge in [0.05, 0.1) is 12.8 Å². The van der Waals surface area contributed by atoms with Crippen LogP contribution in [0.2, 0.25) is 0 Å². The lowest BCUT2D eigenvalue weighted by atomic mass is 9.83. The van der Waals surface area contributed by atoms with Gasteiger partial charge in [-0.2, -0.15) is 11.8 Å². The molecule has 0 aromatic rings. The Labute approximate surface area is 129 Å². The zero-order valence-corrected chi connectivity index (χ0v) is 13.1. The van der Waals surface area contributed by atoms with Gasteiger partial charge in [0.15, 0.2) is 0 Å². The van der Waals surface area contributed by atoms with Crippen molar-refractivity contribution in [2.75, 3.05) is 24.7 Å². The summed E-state index contributed by atoms with van der Waals surface area (Å²) in [6.45, 7) is 0.663. The van der Waals surface area contributed by atoms with Crippen molar-refractivity contribution in [1.29, 1.82) is 0 Å². The molecule has 6 nitrogen and oxygen atoms in total. The molecule has 0 aliphatic heterocycles. The van der Waals surface area contributed by atoms with Gasteiger partial charge in [-0.15, -0.1) is 0 Å². The minimum absolute atomic E-state index is 0.101. The maximum Gasteiger partial charge on any atom is 0.304 e. The molecular formula is C14H26O6S. The fourth-order valence-corrected chi connectivity index (χ4v) is 2.86. The van der Waals surface area contributed by atoms with Gasteiger partial charge in [0.2, 0.25) is 0 Å². The Balaban J connectivity index is 0.000000382. The molecule has 0 unspecified atom stereocenters. The number of aliphatic hydroxyl groups is 2. The van der Waals surface area contributed by atoms with Crippen molar-refractivity contribution >= 4 is 23.7 Å². The van der Waals surface area contributed by atoms with E-state index in [0.717, 1.165) is 25.7 Å². The van der Waals surface area contributed by atoms with Gasteiger partial charge in [-0.05, 0) is 37.5 Å². The number of rotatable bonds is 8. The molecule has 1 fully saturated rings. The van der Waals surface area contributed by atoms with E-state index in [9.17, 15) is 9.59 Å². The topological polar surface area (TPSA) is 115 Å². The lowest BCUT2D eigenvalue weighted by molar-refractivity contribution is -0.137. The molecule has 0 radical (unpaired) electrons. The molecule has 0 bridgehead atoms. The van der Waals surface area contributed by atoms with Crippen LogP contribution in [0.15, 0.2) is 0 Å². The van der Waals surface area contributed by atoms with Crippen LogP contribution in [0.25, 0.3) is 0 Å². The van der Waals surface area contributed by atoms with Gasteiger partial charge in [0.1, 0.15) is 0 Å². The molecule has 4 N–H and O–H groups in total. The van der Waals surface area contributed by atoms with Crippen molar-refractivity contribution in [3.8, 4) is 0 Å². The number of hydrogen-bond donors (Lipinski definition) is 4. The molecule has 0 spiro atoms. The first-order valence-electron chi connectivity index (χ1n) is 7.22. The summed E-state index contributed by atoms with van der Waals surface area (Å²) in [5, 5.41) is 34.0. The third kappa shape index (κ3) is 12.6. The number of hydrogen-bond acceptors (Lipinski definition) is 5. The van der Waals surface area contributed by atoms with E-state index in [4.69, 9.17) is 20.4 Å². The fraction of sp³-hybridized carbons (Fsp3) is 0.857. The van der Waals surface area contributed by atoms with Crippen LogP contribution in [0.4, 0.5) is 0 Å². The third-order valence-corrected chi connectivity index (χ3v) is 4.39. The quantitative estimate of drug-likeness (QED) is 0.500. The number of carbonyl (C=O) groups is 2. The maximum atomic E-state index is 9.97. The highest BCUT2D eigenvalue weighted by Crippen LogP contribution is 2.27. The second-order valence-corrected chi connectivity index (χ2v) is 6.38. The maximum absolute atomic E-state index is 9.97. The zero-order chi connectivity index (χ0) is 16.1. The molecule has 1 aliphatic rings. The van der Waals surface area contributed by atoms with E-state index in [1.54, 1.807) is 0 Å². The molecule has 124 valence electrons. The van der Waals surface area contributed by atoms with Crippen LogP contribution in [-0.2, 0) is 9.59 Å². The molecule has 0 amide bonds. The Kier molecular flexibility index (Phi) is 12.4. The molecule has 0 aromatic carbocycles. The Morgan fingerprint density at radius 3 is 1.38 bits per heavy atom. The monoisotopic (exact) mass is 322 g/mol. The van der Waals surface area contributed by atoms with Crippen molar-refractivity contribution < 1.29 is 30.0 Å². The van der Waals surface area contributed by atoms with Gasteiger partial charge >= 0.3 is 11.9 Å². The SMILES string of the molecule is O=C(O)CCSCCC(=O)O.OCC1CCC(CO)CC1. The summed E-state index contributed by atoms with van der Waals surface area (Å²) >= 11 is 1.35. The van der Waals surface area contributed by atoms with Crippen molar-refractivity contribution in [3.63, 3.8) is 0 Å². The summed E-state index contributed by atoms with van der Waals surface area (Å²) in [7, 11) is 0. The molecule has 0 heterocycles. The average Bonchev–Trinajstić information content (AvgIpc) is 2.47. The third-order valence-electron chi connectivity index (χ3n) is 3.40. The normalized spacial score (nSPS) is 21.2. The van der Waals surface area contributed by atoms with Gasteiger partial charge in [0.25, 0.3) is 0 Å². The first-order chi connectivity index (χ1) is 9.99. The van der Waals surface area contributed by atoms with Crippen molar-refractivity contribution in [3.05, 3.63) is 0 Å². The first-order valence-corrected chi connectivity index (χ1v) is 8.38. The minimum Gasteiger partial charge on any atom is -0.481 e. The second-order valence-electron chi connectivity index (χ2n) is 5.15. The van der Waals surface area contributed by atoms with Crippen LogP contribution < -0.4 is 0 Å². The van der Waals surface area contributed by atoms with Crippen LogP contribution >= 0.6 is 11.8 Å². The lowest BCUT2D eigenvalue weighted by Crippen LogP contribution is -2.19. The van der Waals surface area contributed by atoms with E-state index in [0.29, 0.717) is 36.6 Å². The number of thioether (sulfide) groups is 1. The van der Waals surface area contributed by atoms with Gasteiger partial charge in [0, 0.05) is 24.7 Å². The number of carboxylic acids is 2. The number of carboxylic acid groups (broad SMARTS) is 2. The van der Waals surface area contributed by atoms with Crippen LogP contribution in [0.3, 0.4) is 0 Å². The molecule has 1 aliphatic carbocycles. The van der Waals surface area contributed by atoms with Gasteiger partial charge < -0.3 is 20.4 Å². The standard InChI is InChI=1S/C8H16O2.C6H10O4S/c9-5-7-1-2-8(6-10)4-3-7;7-5(8)1-3-11-4-2-6(9)10/h7-10H,1-6H2;1-4H2,(H,7,8)(H,9,10). The van der Waals surface area contributed by atoms with E-state index < -0.39 is 11.9 Å². The van der Waals surface area contributed by atoms with E-state index in [1.165, 1.54) is 11.8 Å². The summed E-state index contributed by atoms with van der Waals surface area (Å²) in [4.78, 5) is 19.9. The zero-order valence-electron chi connectivity index (χ0n) is 12.2. The number of aliphatic carboxylic acids is 2. The minimum atomic E-state index is -0.840. The van der Waals surface area contributed by atoms with Crippen LogP contribution in [0.5, 0.6) is 0 Å². The van der Waals surface area contributed by atoms with Crippen LogP contribution in [-0.4, -0.2) is 57.1 Å². The Morgan fingerprint density at radius 2 is 1.14 bits per heavy atom. The summed E-state index contributed by atoms with van der Waals surface area (Å²) in [5.74, 6) is 0.330. The van der Waals surface area contributed by atoms with Crippen LogP contribution in [0.1, 0.15) is 38.5 Å². The summed E-state index contributed by atoms with van der Waals surface area (Å²) in [6, 6.07) is 0. The molecule has 7 heteroatoms. The Hall–Kier alpha value is -0.790. The molecular weight excluding hydrogens is 296 g/mol. The Bertz CT molecular complexity index is 261. The van der Waals surface area contributed by atoms with Crippen molar-refractivity contribution in [1.82, 2.24) is 0 Å². The second kappa shape index (κ2) is 12.9. The molecule has 0 atom stereocenters. The van der Waals surface area contributed by atoms with Crippen molar-refractivity contribution in [2.45, 2.75) is 38.5 Å². The first kappa shape index (κ1) is 20.2. The van der Waals surface area contributed by atoms with E-state index in [2.05, 4.69) is 0 Å². The molecule has 1 saturated carbocycles. The highest BCUT2D eigenvalue weighted by molar-refractivity contribution is 7.99. The van der Waals surface area contributed by atoms with E-state index in [1.807, 2.05) is 0 Å². The van der Waals surface area contributed by atoms with Crippen molar-refractivity contribution in [2.24, 2.45) is 11.8 Å². The van der Waals surface area contributed by atoms with Gasteiger partial charge in [-0.1, -0.05) is 0 Å². The molecule has 0 saturated heterocycles. The number of aliphatic hydroxyl groups excluding tert-OH is 2. The van der Waals surface area contributed by atoms with E-state index in [-0.39, 0.29) is 12.8 Å². The highest BCUT2D eigenvalue weighted by atomic mass is 32.2. The lowest BCUT2D eigenvalue weighted by Gasteiger charge is -2.25. The average molecular weight is 322 g/mol. The summed E-state index contributed by atoms with van der Waals surface area (Å²) in [6.07, 6.45) is 4.60. The van der Waals surface area contributed by atoms with Gasteiger partial charge in [-0.3, -0.25) is 9.59 Å². The predicted octanol–water partition coefficient (Wildman–Crippen LogP) is 1.45. The molecule has 0 aromatic heterocycles. The highest BCUT2D eigenvalue weighted by Gasteiger charge is 2.19. The molecule has 21 heavy (non-hydrogen) atoms. The smallest absolute Gasteiger partial charge is 0.304 e. The molecule has 1 rings (SSSR count). The van der Waals surface area contributed by atoms with Gasteiger partial charge in [-0.25, -0.2) is 0 Å². The van der Waals surface area contributed by atoms with Crippen LogP contribution in [0, 0.1) is 11.8 Å². The summed E-state index contributed by atoms with van der Waals surface area (Å²) < 4.78 is 0. The van der Waals surface area contributed by atoms with E-state index >= 15 is 0 Å².